The maximum atomic E-state index is 13.0. The van der Waals surface area contributed by atoms with E-state index in [-0.39, 0.29) is 5.91 Å². The maximum Gasteiger partial charge on any atom is 0.254 e. The molecule has 1 amide bonds. The van der Waals surface area contributed by atoms with Gasteiger partial charge >= 0.3 is 0 Å². The molecule has 2 rings (SSSR count). The number of rotatable bonds is 8. The van der Waals surface area contributed by atoms with Crippen LogP contribution in [0.1, 0.15) is 56.3 Å². The van der Waals surface area contributed by atoms with Gasteiger partial charge in [-0.15, -0.1) is 0 Å². The Morgan fingerprint density at radius 1 is 1.08 bits per heavy atom. The van der Waals surface area contributed by atoms with Crippen LogP contribution in [0.5, 0.6) is 0 Å². The van der Waals surface area contributed by atoms with Crippen LogP contribution in [0.15, 0.2) is 24.3 Å². The predicted molar refractivity (Wildman–Crippen MR) is 102 cm³/mol. The molecule has 0 spiro atoms. The highest BCUT2D eigenvalue weighted by Gasteiger charge is 2.25. The second-order valence-electron chi connectivity index (χ2n) is 6.80. The van der Waals surface area contributed by atoms with Gasteiger partial charge in [0.1, 0.15) is 0 Å². The number of hydrogen-bond donors (Lipinski definition) is 1. The monoisotopic (exact) mass is 331 g/mol. The first-order chi connectivity index (χ1) is 11.7. The molecule has 1 fully saturated rings. The molecule has 1 aromatic rings. The zero-order valence-electron chi connectivity index (χ0n) is 15.6. The molecule has 134 valence electrons. The van der Waals surface area contributed by atoms with Crippen molar-refractivity contribution < 1.29 is 4.79 Å². The van der Waals surface area contributed by atoms with E-state index in [0.29, 0.717) is 6.04 Å². The third-order valence-corrected chi connectivity index (χ3v) is 4.88. The Bertz CT molecular complexity index is 494. The van der Waals surface area contributed by atoms with Crippen molar-refractivity contribution in [2.75, 3.05) is 38.1 Å². The van der Waals surface area contributed by atoms with Gasteiger partial charge in [0.15, 0.2) is 0 Å². The van der Waals surface area contributed by atoms with Crippen LogP contribution in [0.25, 0.3) is 0 Å². The molecule has 1 aliphatic heterocycles. The highest BCUT2D eigenvalue weighted by atomic mass is 16.2. The Hall–Kier alpha value is -1.55. The molecular formula is C20H33N3O. The lowest BCUT2D eigenvalue weighted by Gasteiger charge is -2.34. The van der Waals surface area contributed by atoms with Gasteiger partial charge in [0.05, 0.1) is 0 Å². The molecule has 0 unspecified atom stereocenters. The number of nitrogens with one attached hydrogen (secondary N) is 1. The van der Waals surface area contributed by atoms with E-state index in [1.165, 1.54) is 18.5 Å². The van der Waals surface area contributed by atoms with Crippen LogP contribution in [-0.2, 0) is 0 Å². The molecular weight excluding hydrogens is 298 g/mol. The van der Waals surface area contributed by atoms with Crippen LogP contribution in [0.4, 0.5) is 5.69 Å². The lowest BCUT2D eigenvalue weighted by atomic mass is 10.0. The maximum absolute atomic E-state index is 13.0. The minimum absolute atomic E-state index is 0.187. The summed E-state index contributed by atoms with van der Waals surface area (Å²) >= 11 is 0. The van der Waals surface area contributed by atoms with Gasteiger partial charge in [-0.25, -0.2) is 0 Å². The van der Waals surface area contributed by atoms with Crippen LogP contribution in [-0.4, -0.2) is 50.1 Å². The van der Waals surface area contributed by atoms with Crippen LogP contribution >= 0.6 is 0 Å². The van der Waals surface area contributed by atoms with E-state index >= 15 is 0 Å². The summed E-state index contributed by atoms with van der Waals surface area (Å²) in [6.07, 6.45) is 5.51. The van der Waals surface area contributed by atoms with E-state index in [0.717, 1.165) is 51.0 Å². The number of amides is 1. The van der Waals surface area contributed by atoms with Crippen molar-refractivity contribution in [3.63, 3.8) is 0 Å². The molecule has 1 N–H and O–H groups in total. The van der Waals surface area contributed by atoms with E-state index in [1.807, 2.05) is 12.1 Å². The minimum atomic E-state index is 0.187. The van der Waals surface area contributed by atoms with Gasteiger partial charge < -0.3 is 15.1 Å². The lowest BCUT2D eigenvalue weighted by Crippen LogP contribution is -2.46. The molecule has 4 nitrogen and oxygen atoms in total. The molecule has 1 saturated heterocycles. The zero-order chi connectivity index (χ0) is 17.4. The second kappa shape index (κ2) is 9.67. The number of nitrogens with zero attached hydrogens (tertiary/aromatic N) is 2. The highest BCUT2D eigenvalue weighted by molar-refractivity contribution is 5.94. The van der Waals surface area contributed by atoms with Crippen LogP contribution in [0, 0.1) is 0 Å². The minimum Gasteiger partial charge on any atom is -0.375 e. The van der Waals surface area contributed by atoms with Crippen LogP contribution < -0.4 is 10.2 Å². The molecule has 1 aliphatic rings. The summed E-state index contributed by atoms with van der Waals surface area (Å²) in [5.74, 6) is 0.187. The van der Waals surface area contributed by atoms with Gasteiger partial charge in [-0.3, -0.25) is 4.79 Å². The number of unbranched alkanes of at least 4 members (excludes halogenated alkanes) is 1. The molecule has 0 aromatic heterocycles. The van der Waals surface area contributed by atoms with E-state index < -0.39 is 0 Å². The summed E-state index contributed by atoms with van der Waals surface area (Å²) < 4.78 is 0. The average Bonchev–Trinajstić information content (AvgIpc) is 2.64. The smallest absolute Gasteiger partial charge is 0.254 e. The number of benzene rings is 1. The molecule has 24 heavy (non-hydrogen) atoms. The van der Waals surface area contributed by atoms with E-state index in [2.05, 4.69) is 48.1 Å². The molecule has 4 heteroatoms. The number of hydrogen-bond acceptors (Lipinski definition) is 3. The Kier molecular flexibility index (Phi) is 7.57. The molecule has 0 atom stereocenters. The van der Waals surface area contributed by atoms with Gasteiger partial charge in [0.25, 0.3) is 5.91 Å². The molecule has 0 bridgehead atoms. The fourth-order valence-corrected chi connectivity index (χ4v) is 3.36. The van der Waals surface area contributed by atoms with E-state index in [1.54, 1.807) is 0 Å². The summed E-state index contributed by atoms with van der Waals surface area (Å²) in [7, 11) is 2.12. The topological polar surface area (TPSA) is 35.6 Å². The average molecular weight is 332 g/mol. The summed E-state index contributed by atoms with van der Waals surface area (Å²) in [5.41, 5.74) is 2.00. The van der Waals surface area contributed by atoms with Gasteiger partial charge in [0.2, 0.25) is 0 Å². The van der Waals surface area contributed by atoms with Crippen molar-refractivity contribution in [3.05, 3.63) is 29.8 Å². The van der Waals surface area contributed by atoms with Crippen molar-refractivity contribution >= 4 is 11.6 Å². The summed E-state index contributed by atoms with van der Waals surface area (Å²) in [6, 6.07) is 8.52. The standard InChI is InChI=1S/C20H33N3O/c1-4-6-16-22(3)18-9-7-17(8-10-18)20(24)23(15-5-2)19-11-13-21-14-12-19/h7-10,19,21H,4-6,11-16H2,1-3H3. The van der Waals surface area contributed by atoms with Crippen LogP contribution in [0.3, 0.4) is 0 Å². The lowest BCUT2D eigenvalue weighted by molar-refractivity contribution is 0.0642. The highest BCUT2D eigenvalue weighted by Crippen LogP contribution is 2.19. The molecule has 1 aromatic carbocycles. The number of carbonyl (C=O) groups excluding carboxylic acids is 1. The van der Waals surface area contributed by atoms with Crippen molar-refractivity contribution in [2.45, 2.75) is 52.0 Å². The normalized spacial score (nSPS) is 15.3. The van der Waals surface area contributed by atoms with E-state index in [9.17, 15) is 4.79 Å². The Labute approximate surface area is 147 Å². The molecule has 1 heterocycles. The molecule has 0 saturated carbocycles. The van der Waals surface area contributed by atoms with E-state index in [4.69, 9.17) is 0 Å². The predicted octanol–water partition coefficient (Wildman–Crippen LogP) is 3.53. The fourth-order valence-electron chi connectivity index (χ4n) is 3.36. The SMILES string of the molecule is CCCCN(C)c1ccc(C(=O)N(CCC)C2CCNCC2)cc1. The van der Waals surface area contributed by atoms with Gasteiger partial charge in [0, 0.05) is 37.4 Å². The first kappa shape index (κ1) is 18.8. The largest absolute Gasteiger partial charge is 0.375 e. The van der Waals surface area contributed by atoms with Crippen molar-refractivity contribution in [1.82, 2.24) is 10.2 Å². The van der Waals surface area contributed by atoms with Crippen molar-refractivity contribution in [3.8, 4) is 0 Å². The Morgan fingerprint density at radius 3 is 2.33 bits per heavy atom. The Morgan fingerprint density at radius 2 is 1.75 bits per heavy atom. The number of anilines is 1. The third-order valence-electron chi connectivity index (χ3n) is 4.88. The first-order valence-corrected chi connectivity index (χ1v) is 9.50. The van der Waals surface area contributed by atoms with Crippen molar-refractivity contribution in [2.24, 2.45) is 0 Å². The first-order valence-electron chi connectivity index (χ1n) is 9.50. The zero-order valence-corrected chi connectivity index (χ0v) is 15.6. The van der Waals surface area contributed by atoms with Gasteiger partial charge in [-0.05, 0) is 63.0 Å². The van der Waals surface area contributed by atoms with Gasteiger partial charge in [-0.1, -0.05) is 20.3 Å². The van der Waals surface area contributed by atoms with Crippen molar-refractivity contribution in [1.29, 1.82) is 0 Å². The Balaban J connectivity index is 2.05. The number of piperidine rings is 1. The molecule has 0 radical (unpaired) electrons. The molecule has 0 aliphatic carbocycles. The van der Waals surface area contributed by atoms with Crippen LogP contribution in [0.2, 0.25) is 0 Å². The number of carbonyl (C=O) groups is 1. The fraction of sp³-hybridized carbons (Fsp3) is 0.650. The quantitative estimate of drug-likeness (QED) is 0.791. The second-order valence-corrected chi connectivity index (χ2v) is 6.80. The summed E-state index contributed by atoms with van der Waals surface area (Å²) in [6.45, 7) is 8.28. The van der Waals surface area contributed by atoms with Gasteiger partial charge in [-0.2, -0.15) is 0 Å². The third kappa shape index (κ3) is 4.97. The summed E-state index contributed by atoms with van der Waals surface area (Å²) in [4.78, 5) is 17.3. The summed E-state index contributed by atoms with van der Waals surface area (Å²) in [5, 5.41) is 3.38.